The van der Waals surface area contributed by atoms with Crippen LogP contribution in [-0.2, 0) is 0 Å². The maximum absolute atomic E-state index is 6.08. The number of nitrogens with zero attached hydrogens (tertiary/aromatic N) is 1. The predicted molar refractivity (Wildman–Crippen MR) is 85.6 cm³/mol. The lowest BCUT2D eigenvalue weighted by Gasteiger charge is -2.21. The zero-order chi connectivity index (χ0) is 13.9. The smallest absolute Gasteiger partial charge is 0.0931 e. The van der Waals surface area contributed by atoms with Gasteiger partial charge in [0.05, 0.1) is 16.6 Å². The van der Waals surface area contributed by atoms with Gasteiger partial charge in [-0.1, -0.05) is 17.7 Å². The molecule has 0 spiro atoms. The molecule has 3 nitrogen and oxygen atoms in total. The SMILES string of the molecule is CC(NC(c1cccs1)c1ccc(Cl)s1)c1cn[nH]c1. The van der Waals surface area contributed by atoms with Gasteiger partial charge in [0.25, 0.3) is 0 Å². The summed E-state index contributed by atoms with van der Waals surface area (Å²) in [6.45, 7) is 2.14. The molecule has 3 heterocycles. The number of hydrogen-bond donors (Lipinski definition) is 2. The molecule has 0 aliphatic heterocycles. The van der Waals surface area contributed by atoms with E-state index in [-0.39, 0.29) is 12.1 Å². The van der Waals surface area contributed by atoms with Crippen molar-refractivity contribution in [3.8, 4) is 0 Å². The molecule has 0 amide bonds. The second kappa shape index (κ2) is 6.10. The van der Waals surface area contributed by atoms with Gasteiger partial charge >= 0.3 is 0 Å². The van der Waals surface area contributed by atoms with E-state index >= 15 is 0 Å². The first-order chi connectivity index (χ1) is 9.74. The van der Waals surface area contributed by atoms with Crippen LogP contribution >= 0.6 is 34.3 Å². The number of halogens is 1. The van der Waals surface area contributed by atoms with Gasteiger partial charge < -0.3 is 0 Å². The van der Waals surface area contributed by atoms with Crippen LogP contribution in [0.25, 0.3) is 0 Å². The van der Waals surface area contributed by atoms with Gasteiger partial charge in [0.1, 0.15) is 0 Å². The van der Waals surface area contributed by atoms with Gasteiger partial charge in [0, 0.05) is 27.6 Å². The molecule has 20 heavy (non-hydrogen) atoms. The number of aromatic nitrogens is 2. The van der Waals surface area contributed by atoms with E-state index in [1.165, 1.54) is 9.75 Å². The number of thiophene rings is 2. The number of rotatable bonds is 5. The second-order valence-corrected chi connectivity index (χ2v) is 7.24. The quantitative estimate of drug-likeness (QED) is 0.719. The van der Waals surface area contributed by atoms with Crippen LogP contribution in [0.5, 0.6) is 0 Å². The molecule has 0 radical (unpaired) electrons. The van der Waals surface area contributed by atoms with E-state index in [1.807, 2.05) is 18.5 Å². The van der Waals surface area contributed by atoms with E-state index in [1.54, 1.807) is 22.7 Å². The highest BCUT2D eigenvalue weighted by molar-refractivity contribution is 7.16. The van der Waals surface area contributed by atoms with Gasteiger partial charge in [-0.3, -0.25) is 10.4 Å². The molecule has 0 fully saturated rings. The van der Waals surface area contributed by atoms with Crippen LogP contribution in [0.3, 0.4) is 0 Å². The fourth-order valence-corrected chi connectivity index (χ4v) is 4.10. The molecule has 0 aromatic carbocycles. The topological polar surface area (TPSA) is 40.7 Å². The van der Waals surface area contributed by atoms with E-state index in [9.17, 15) is 0 Å². The molecule has 3 aromatic rings. The Hall–Kier alpha value is -1.14. The molecule has 0 bridgehead atoms. The van der Waals surface area contributed by atoms with E-state index in [0.717, 1.165) is 9.90 Å². The minimum absolute atomic E-state index is 0.164. The van der Waals surface area contributed by atoms with Gasteiger partial charge in [0.2, 0.25) is 0 Å². The Bertz CT molecular complexity index is 646. The highest BCUT2D eigenvalue weighted by Crippen LogP contribution is 2.34. The Kier molecular flexibility index (Phi) is 4.21. The van der Waals surface area contributed by atoms with E-state index in [4.69, 9.17) is 11.6 Å². The summed E-state index contributed by atoms with van der Waals surface area (Å²) in [6.07, 6.45) is 3.77. The Morgan fingerprint density at radius 2 is 2.20 bits per heavy atom. The monoisotopic (exact) mass is 323 g/mol. The zero-order valence-electron chi connectivity index (χ0n) is 10.8. The fraction of sp³-hybridized carbons (Fsp3) is 0.214. The van der Waals surface area contributed by atoms with Crippen molar-refractivity contribution in [3.63, 3.8) is 0 Å². The van der Waals surface area contributed by atoms with E-state index < -0.39 is 0 Å². The van der Waals surface area contributed by atoms with Crippen molar-refractivity contribution in [2.24, 2.45) is 0 Å². The average Bonchev–Trinajstić information content (AvgIpc) is 3.17. The third-order valence-electron chi connectivity index (χ3n) is 3.14. The predicted octanol–water partition coefficient (Wildman–Crippen LogP) is 4.63. The molecular formula is C14H14ClN3S2. The first-order valence-corrected chi connectivity index (χ1v) is 8.35. The molecule has 0 saturated carbocycles. The second-order valence-electron chi connectivity index (χ2n) is 4.51. The van der Waals surface area contributed by atoms with Crippen molar-refractivity contribution in [1.82, 2.24) is 15.5 Å². The number of nitrogens with one attached hydrogen (secondary N) is 2. The van der Waals surface area contributed by atoms with Gasteiger partial charge in [-0.05, 0) is 30.5 Å². The molecule has 2 atom stereocenters. The summed E-state index contributed by atoms with van der Waals surface area (Å²) in [5, 5.41) is 12.6. The van der Waals surface area contributed by atoms with Gasteiger partial charge in [-0.15, -0.1) is 22.7 Å². The molecule has 2 unspecified atom stereocenters. The highest BCUT2D eigenvalue weighted by atomic mass is 35.5. The van der Waals surface area contributed by atoms with Gasteiger partial charge in [-0.25, -0.2) is 0 Å². The summed E-state index contributed by atoms with van der Waals surface area (Å²) < 4.78 is 0.819. The summed E-state index contributed by atoms with van der Waals surface area (Å²) in [7, 11) is 0. The van der Waals surface area contributed by atoms with Crippen molar-refractivity contribution >= 4 is 34.3 Å². The van der Waals surface area contributed by atoms with Crippen molar-refractivity contribution in [1.29, 1.82) is 0 Å². The zero-order valence-corrected chi connectivity index (χ0v) is 13.2. The molecule has 2 N–H and O–H groups in total. The lowest BCUT2D eigenvalue weighted by Crippen LogP contribution is -2.24. The van der Waals surface area contributed by atoms with Crippen molar-refractivity contribution in [2.75, 3.05) is 0 Å². The molecule has 0 saturated heterocycles. The van der Waals surface area contributed by atoms with Crippen LogP contribution in [0.15, 0.2) is 42.0 Å². The van der Waals surface area contributed by atoms with Crippen LogP contribution < -0.4 is 5.32 Å². The molecule has 0 aliphatic carbocycles. The lowest BCUT2D eigenvalue weighted by atomic mass is 10.1. The third kappa shape index (κ3) is 2.96. The van der Waals surface area contributed by atoms with Crippen LogP contribution in [0.1, 0.15) is 34.3 Å². The van der Waals surface area contributed by atoms with Crippen LogP contribution in [-0.4, -0.2) is 10.2 Å². The fourth-order valence-electron chi connectivity index (χ4n) is 2.09. The molecular weight excluding hydrogens is 310 g/mol. The van der Waals surface area contributed by atoms with Crippen molar-refractivity contribution in [2.45, 2.75) is 19.0 Å². The van der Waals surface area contributed by atoms with E-state index in [2.05, 4.69) is 46.0 Å². The maximum Gasteiger partial charge on any atom is 0.0931 e. The largest absolute Gasteiger partial charge is 0.298 e. The summed E-state index contributed by atoms with van der Waals surface area (Å²) in [5.74, 6) is 0. The lowest BCUT2D eigenvalue weighted by molar-refractivity contribution is 0.527. The van der Waals surface area contributed by atoms with Crippen molar-refractivity contribution in [3.05, 3.63) is 61.7 Å². The van der Waals surface area contributed by atoms with Crippen LogP contribution in [0.2, 0.25) is 4.34 Å². The van der Waals surface area contributed by atoms with Crippen LogP contribution in [0, 0.1) is 0 Å². The average molecular weight is 324 g/mol. The first kappa shape index (κ1) is 13.8. The number of H-pyrrole nitrogens is 1. The minimum Gasteiger partial charge on any atom is -0.298 e. The molecule has 0 aliphatic rings. The van der Waals surface area contributed by atoms with Crippen molar-refractivity contribution < 1.29 is 0 Å². The summed E-state index contributed by atoms with van der Waals surface area (Å²) in [6, 6.07) is 8.64. The number of hydrogen-bond acceptors (Lipinski definition) is 4. The first-order valence-electron chi connectivity index (χ1n) is 6.27. The Morgan fingerprint density at radius 3 is 2.80 bits per heavy atom. The standard InChI is InChI=1S/C14H14ClN3S2/c1-9(10-7-16-17-8-10)18-14(11-3-2-6-19-11)12-4-5-13(15)20-12/h2-9,14,18H,1H3,(H,16,17). The van der Waals surface area contributed by atoms with Crippen LogP contribution in [0.4, 0.5) is 0 Å². The molecule has 3 aromatic heterocycles. The normalized spacial score (nSPS) is 14.3. The number of aromatic amines is 1. The molecule has 3 rings (SSSR count). The minimum atomic E-state index is 0.164. The molecule has 6 heteroatoms. The maximum atomic E-state index is 6.08. The Balaban J connectivity index is 1.87. The molecule has 104 valence electrons. The summed E-state index contributed by atoms with van der Waals surface area (Å²) in [4.78, 5) is 2.52. The van der Waals surface area contributed by atoms with E-state index in [0.29, 0.717) is 0 Å². The highest BCUT2D eigenvalue weighted by Gasteiger charge is 2.20. The Morgan fingerprint density at radius 1 is 1.30 bits per heavy atom. The summed E-state index contributed by atoms with van der Waals surface area (Å²) >= 11 is 9.45. The Labute approximate surface area is 130 Å². The third-order valence-corrected chi connectivity index (χ3v) is 5.38. The van der Waals surface area contributed by atoms with Gasteiger partial charge in [0.15, 0.2) is 0 Å². The summed E-state index contributed by atoms with van der Waals surface area (Å²) in [5.41, 5.74) is 1.15. The van der Waals surface area contributed by atoms with Gasteiger partial charge in [-0.2, -0.15) is 5.10 Å².